The van der Waals surface area contributed by atoms with Crippen molar-refractivity contribution in [1.82, 2.24) is 4.90 Å². The van der Waals surface area contributed by atoms with Crippen molar-refractivity contribution in [3.05, 3.63) is 65.0 Å². The molecule has 1 unspecified atom stereocenters. The number of likely N-dealkylation sites (tertiary alicyclic amines) is 1. The first-order valence-corrected chi connectivity index (χ1v) is 10.2. The van der Waals surface area contributed by atoms with Crippen LogP contribution in [-0.4, -0.2) is 34.0 Å². The Morgan fingerprint density at radius 1 is 1.12 bits per heavy atom. The van der Waals surface area contributed by atoms with Gasteiger partial charge in [-0.05, 0) is 69.5 Å². The zero-order valence-electron chi connectivity index (χ0n) is 15.0. The minimum Gasteiger partial charge on any atom is -0.303 e. The second-order valence-electron chi connectivity index (χ2n) is 6.95. The lowest BCUT2D eigenvalue weighted by Crippen LogP contribution is -2.38. The molecular weight excluding hydrogens is 333 g/mol. The SMILES string of the molecule is Cc1ccc(S(=O)C2CCN(CCc3ccccc3F)CC2)c(C)c1. The summed E-state index contributed by atoms with van der Waals surface area (Å²) in [6.45, 7) is 6.85. The lowest BCUT2D eigenvalue weighted by atomic mass is 10.1. The summed E-state index contributed by atoms with van der Waals surface area (Å²) in [6, 6.07) is 13.2. The van der Waals surface area contributed by atoms with Gasteiger partial charge in [-0.3, -0.25) is 4.21 Å². The molecule has 1 atom stereocenters. The Morgan fingerprint density at radius 2 is 1.84 bits per heavy atom. The fourth-order valence-corrected chi connectivity index (χ4v) is 5.11. The van der Waals surface area contributed by atoms with Gasteiger partial charge in [-0.25, -0.2) is 4.39 Å². The minimum absolute atomic E-state index is 0.117. The fraction of sp³-hybridized carbons (Fsp3) is 0.429. The molecule has 2 aromatic rings. The van der Waals surface area contributed by atoms with E-state index in [1.807, 2.05) is 31.2 Å². The Bertz CT molecular complexity index is 753. The van der Waals surface area contributed by atoms with Gasteiger partial charge >= 0.3 is 0 Å². The van der Waals surface area contributed by atoms with Crippen LogP contribution in [0.3, 0.4) is 0 Å². The van der Waals surface area contributed by atoms with Crippen LogP contribution in [0.25, 0.3) is 0 Å². The summed E-state index contributed by atoms with van der Waals surface area (Å²) < 4.78 is 26.6. The van der Waals surface area contributed by atoms with Crippen LogP contribution in [0.2, 0.25) is 0 Å². The van der Waals surface area contributed by atoms with E-state index in [0.29, 0.717) is 0 Å². The van der Waals surface area contributed by atoms with Crippen LogP contribution in [0.5, 0.6) is 0 Å². The van der Waals surface area contributed by atoms with Gasteiger partial charge in [-0.2, -0.15) is 0 Å². The number of nitrogens with zero attached hydrogens (tertiary/aromatic N) is 1. The van der Waals surface area contributed by atoms with Crippen molar-refractivity contribution in [1.29, 1.82) is 0 Å². The van der Waals surface area contributed by atoms with Gasteiger partial charge in [0.05, 0.1) is 10.8 Å². The maximum Gasteiger partial charge on any atom is 0.126 e. The molecule has 0 amide bonds. The highest BCUT2D eigenvalue weighted by atomic mass is 32.2. The van der Waals surface area contributed by atoms with E-state index in [1.54, 1.807) is 6.07 Å². The monoisotopic (exact) mass is 359 g/mol. The summed E-state index contributed by atoms with van der Waals surface area (Å²) in [5.41, 5.74) is 3.12. The molecule has 2 nitrogen and oxygen atoms in total. The largest absolute Gasteiger partial charge is 0.303 e. The molecular formula is C21H26FNOS. The average Bonchev–Trinajstić information content (AvgIpc) is 2.61. The fourth-order valence-electron chi connectivity index (χ4n) is 3.53. The quantitative estimate of drug-likeness (QED) is 0.795. The van der Waals surface area contributed by atoms with Gasteiger partial charge in [-0.15, -0.1) is 0 Å². The van der Waals surface area contributed by atoms with Crippen molar-refractivity contribution in [2.75, 3.05) is 19.6 Å². The van der Waals surface area contributed by atoms with Gasteiger partial charge in [-0.1, -0.05) is 35.9 Å². The normalized spacial score (nSPS) is 17.6. The highest BCUT2D eigenvalue weighted by molar-refractivity contribution is 7.85. The maximum atomic E-state index is 13.7. The first-order valence-electron chi connectivity index (χ1n) is 8.98. The van der Waals surface area contributed by atoms with Crippen LogP contribution in [0.15, 0.2) is 47.4 Å². The van der Waals surface area contributed by atoms with E-state index in [4.69, 9.17) is 0 Å². The van der Waals surface area contributed by atoms with E-state index >= 15 is 0 Å². The molecule has 0 spiro atoms. The summed E-state index contributed by atoms with van der Waals surface area (Å²) in [7, 11) is -0.935. The van der Waals surface area contributed by atoms with Crippen LogP contribution < -0.4 is 0 Å². The van der Waals surface area contributed by atoms with Crippen LogP contribution >= 0.6 is 0 Å². The molecule has 1 aliphatic heterocycles. The molecule has 2 aromatic carbocycles. The summed E-state index contributed by atoms with van der Waals surface area (Å²) in [5, 5.41) is 0.228. The number of aryl methyl sites for hydroxylation is 2. The minimum atomic E-state index is -0.935. The van der Waals surface area contributed by atoms with Gasteiger partial charge in [0.2, 0.25) is 0 Å². The first-order chi connectivity index (χ1) is 12.0. The molecule has 1 saturated heterocycles. The molecule has 0 bridgehead atoms. The average molecular weight is 360 g/mol. The lowest BCUT2D eigenvalue weighted by molar-refractivity contribution is 0.233. The summed E-state index contributed by atoms with van der Waals surface area (Å²) in [6.07, 6.45) is 2.62. The van der Waals surface area contributed by atoms with Crippen LogP contribution in [-0.2, 0) is 17.2 Å². The summed E-state index contributed by atoms with van der Waals surface area (Å²) in [4.78, 5) is 3.35. The Hall–Kier alpha value is -1.52. The number of hydrogen-bond donors (Lipinski definition) is 0. The Morgan fingerprint density at radius 3 is 2.52 bits per heavy atom. The molecule has 4 heteroatoms. The number of hydrogen-bond acceptors (Lipinski definition) is 2. The Labute approximate surface area is 152 Å². The molecule has 0 aromatic heterocycles. The van der Waals surface area contributed by atoms with Crippen molar-refractivity contribution < 1.29 is 8.60 Å². The lowest BCUT2D eigenvalue weighted by Gasteiger charge is -2.31. The van der Waals surface area contributed by atoms with Crippen molar-refractivity contribution in [2.45, 2.75) is 43.3 Å². The van der Waals surface area contributed by atoms with Gasteiger partial charge in [0.15, 0.2) is 0 Å². The highest BCUT2D eigenvalue weighted by Gasteiger charge is 2.25. The van der Waals surface area contributed by atoms with Crippen molar-refractivity contribution in [2.24, 2.45) is 0 Å². The van der Waals surface area contributed by atoms with E-state index < -0.39 is 10.8 Å². The van der Waals surface area contributed by atoms with Gasteiger partial charge in [0, 0.05) is 16.7 Å². The molecule has 1 fully saturated rings. The van der Waals surface area contributed by atoms with E-state index in [9.17, 15) is 8.60 Å². The van der Waals surface area contributed by atoms with Crippen molar-refractivity contribution >= 4 is 10.8 Å². The van der Waals surface area contributed by atoms with Crippen molar-refractivity contribution in [3.8, 4) is 0 Å². The number of rotatable bonds is 5. The van der Waals surface area contributed by atoms with Crippen LogP contribution in [0.1, 0.15) is 29.5 Å². The smallest absolute Gasteiger partial charge is 0.126 e. The standard InChI is InChI=1S/C21H26FNOS/c1-16-7-8-21(17(2)15-16)25(24)19-10-13-23(14-11-19)12-9-18-5-3-4-6-20(18)22/h3-8,15,19H,9-14H2,1-2H3. The van der Waals surface area contributed by atoms with Crippen LogP contribution in [0.4, 0.5) is 4.39 Å². The van der Waals surface area contributed by atoms with E-state index in [0.717, 1.165) is 54.9 Å². The van der Waals surface area contributed by atoms with Gasteiger partial charge < -0.3 is 4.90 Å². The Balaban J connectivity index is 1.53. The molecule has 3 rings (SSSR count). The zero-order chi connectivity index (χ0) is 17.8. The first kappa shape index (κ1) is 18.3. The second-order valence-corrected chi connectivity index (χ2v) is 8.65. The predicted molar refractivity (Wildman–Crippen MR) is 102 cm³/mol. The topological polar surface area (TPSA) is 20.3 Å². The second kappa shape index (κ2) is 8.24. The maximum absolute atomic E-state index is 13.7. The van der Waals surface area contributed by atoms with E-state index in [1.165, 1.54) is 11.6 Å². The molecule has 1 aliphatic rings. The van der Waals surface area contributed by atoms with E-state index in [2.05, 4.69) is 17.9 Å². The van der Waals surface area contributed by atoms with Crippen LogP contribution in [0, 0.1) is 19.7 Å². The molecule has 0 saturated carbocycles. The zero-order valence-corrected chi connectivity index (χ0v) is 15.8. The van der Waals surface area contributed by atoms with Crippen molar-refractivity contribution in [3.63, 3.8) is 0 Å². The Kier molecular flexibility index (Phi) is 6.02. The number of piperidine rings is 1. The molecule has 0 aliphatic carbocycles. The third-order valence-corrected chi connectivity index (χ3v) is 7.01. The van der Waals surface area contributed by atoms with E-state index in [-0.39, 0.29) is 11.1 Å². The molecule has 1 heterocycles. The molecule has 0 N–H and O–H groups in total. The van der Waals surface area contributed by atoms with Gasteiger partial charge in [0.25, 0.3) is 0 Å². The highest BCUT2D eigenvalue weighted by Crippen LogP contribution is 2.24. The molecule has 25 heavy (non-hydrogen) atoms. The number of halogens is 1. The summed E-state index contributed by atoms with van der Waals surface area (Å²) in [5.74, 6) is -0.117. The van der Waals surface area contributed by atoms with Gasteiger partial charge in [0.1, 0.15) is 5.82 Å². The number of benzene rings is 2. The molecule has 0 radical (unpaired) electrons. The third-order valence-electron chi connectivity index (χ3n) is 5.04. The summed E-state index contributed by atoms with van der Waals surface area (Å²) >= 11 is 0. The third kappa shape index (κ3) is 4.56. The molecule has 134 valence electrons. The predicted octanol–water partition coefficient (Wildman–Crippen LogP) is 4.26.